The first kappa shape index (κ1) is 16.2. The molecule has 0 aliphatic heterocycles. The van der Waals surface area contributed by atoms with Crippen LogP contribution in [-0.4, -0.2) is 17.1 Å². The normalized spacial score (nSPS) is 20.9. The molecule has 0 unspecified atom stereocenters. The van der Waals surface area contributed by atoms with Crippen LogP contribution in [0.4, 0.5) is 0 Å². The summed E-state index contributed by atoms with van der Waals surface area (Å²) in [4.78, 5) is 9.18. The Morgan fingerprint density at radius 2 is 1.80 bits per heavy atom. The highest BCUT2D eigenvalue weighted by Gasteiger charge is 2.42. The third-order valence-corrected chi connectivity index (χ3v) is 5.76. The van der Waals surface area contributed by atoms with Crippen LogP contribution in [0.25, 0.3) is 0 Å². The standard InChI is InChI=1S/C15H22BrClN2O/c1-5-10-11(16)12(17)19-13(18-10)15(20-4)8-6-14(2,3)7-9-15/h5-9H2,1-4H3. The molecule has 0 atom stereocenters. The summed E-state index contributed by atoms with van der Waals surface area (Å²) in [6, 6.07) is 0. The summed E-state index contributed by atoms with van der Waals surface area (Å²) in [5, 5.41) is 0.480. The number of aryl methyl sites for hydroxylation is 1. The molecule has 2 rings (SSSR count). The molecular formula is C15H22BrClN2O. The summed E-state index contributed by atoms with van der Waals surface area (Å²) in [6.45, 7) is 6.68. The van der Waals surface area contributed by atoms with E-state index in [9.17, 15) is 0 Å². The van der Waals surface area contributed by atoms with E-state index in [1.807, 2.05) is 0 Å². The van der Waals surface area contributed by atoms with E-state index in [1.165, 1.54) is 0 Å². The Kier molecular flexibility index (Phi) is 4.77. The van der Waals surface area contributed by atoms with Crippen molar-refractivity contribution in [3.8, 4) is 0 Å². The van der Waals surface area contributed by atoms with Gasteiger partial charge in [0.1, 0.15) is 10.8 Å². The monoisotopic (exact) mass is 360 g/mol. The van der Waals surface area contributed by atoms with Crippen molar-refractivity contribution in [3.63, 3.8) is 0 Å². The Bertz CT molecular complexity index is 495. The van der Waals surface area contributed by atoms with Gasteiger partial charge in [-0.3, -0.25) is 0 Å². The van der Waals surface area contributed by atoms with Crippen LogP contribution in [0.2, 0.25) is 5.15 Å². The second-order valence-electron chi connectivity index (χ2n) is 6.31. The summed E-state index contributed by atoms with van der Waals surface area (Å²) in [7, 11) is 1.75. The lowest BCUT2D eigenvalue weighted by molar-refractivity contribution is -0.0730. The van der Waals surface area contributed by atoms with Crippen LogP contribution >= 0.6 is 27.5 Å². The van der Waals surface area contributed by atoms with E-state index in [4.69, 9.17) is 21.3 Å². The summed E-state index contributed by atoms with van der Waals surface area (Å²) in [6.07, 6.45) is 4.93. The average Bonchev–Trinajstić information content (AvgIpc) is 2.42. The minimum Gasteiger partial charge on any atom is -0.370 e. The van der Waals surface area contributed by atoms with Gasteiger partial charge in [-0.2, -0.15) is 0 Å². The van der Waals surface area contributed by atoms with Crippen molar-refractivity contribution in [2.75, 3.05) is 7.11 Å². The molecule has 0 amide bonds. The largest absolute Gasteiger partial charge is 0.370 e. The van der Waals surface area contributed by atoms with Gasteiger partial charge in [0.2, 0.25) is 0 Å². The maximum Gasteiger partial charge on any atom is 0.162 e. The van der Waals surface area contributed by atoms with Gasteiger partial charge in [-0.1, -0.05) is 32.4 Å². The second kappa shape index (κ2) is 5.90. The predicted octanol–water partition coefficient (Wildman–Crippen LogP) is 4.90. The SMILES string of the molecule is CCc1nc(C2(OC)CCC(C)(C)CC2)nc(Cl)c1Br. The Morgan fingerprint density at radius 1 is 1.20 bits per heavy atom. The molecule has 0 aromatic carbocycles. The summed E-state index contributed by atoms with van der Waals surface area (Å²) in [5.74, 6) is 0.737. The molecule has 1 aromatic heterocycles. The van der Waals surface area contributed by atoms with Crippen LogP contribution in [0, 0.1) is 5.41 Å². The van der Waals surface area contributed by atoms with Crippen molar-refractivity contribution in [3.05, 3.63) is 21.1 Å². The highest BCUT2D eigenvalue weighted by Crippen LogP contribution is 2.46. The fourth-order valence-electron chi connectivity index (χ4n) is 2.75. The third-order valence-electron chi connectivity index (χ3n) is 4.42. The second-order valence-corrected chi connectivity index (χ2v) is 7.47. The van der Waals surface area contributed by atoms with Crippen molar-refractivity contribution in [1.29, 1.82) is 0 Å². The van der Waals surface area contributed by atoms with Crippen LogP contribution in [0.5, 0.6) is 0 Å². The van der Waals surface area contributed by atoms with E-state index < -0.39 is 0 Å². The summed E-state index contributed by atoms with van der Waals surface area (Å²) >= 11 is 9.70. The van der Waals surface area contributed by atoms with Crippen LogP contribution in [0.3, 0.4) is 0 Å². The fourth-order valence-corrected chi connectivity index (χ4v) is 3.40. The molecule has 1 fully saturated rings. The maximum absolute atomic E-state index is 6.24. The quantitative estimate of drug-likeness (QED) is 0.718. The van der Waals surface area contributed by atoms with E-state index in [0.717, 1.165) is 48.1 Å². The van der Waals surface area contributed by atoms with Crippen molar-refractivity contribution >= 4 is 27.5 Å². The van der Waals surface area contributed by atoms with Gasteiger partial charge in [-0.15, -0.1) is 0 Å². The van der Waals surface area contributed by atoms with Gasteiger partial charge in [-0.25, -0.2) is 9.97 Å². The van der Waals surface area contributed by atoms with Gasteiger partial charge in [0.15, 0.2) is 5.82 Å². The molecule has 0 saturated heterocycles. The number of nitrogens with zero attached hydrogens (tertiary/aromatic N) is 2. The zero-order valence-corrected chi connectivity index (χ0v) is 14.9. The number of hydrogen-bond donors (Lipinski definition) is 0. The maximum atomic E-state index is 6.24. The van der Waals surface area contributed by atoms with Gasteiger partial charge >= 0.3 is 0 Å². The van der Waals surface area contributed by atoms with Crippen molar-refractivity contribution in [2.24, 2.45) is 5.41 Å². The lowest BCUT2D eigenvalue weighted by Gasteiger charge is -2.41. The van der Waals surface area contributed by atoms with E-state index in [-0.39, 0.29) is 5.60 Å². The van der Waals surface area contributed by atoms with E-state index in [1.54, 1.807) is 7.11 Å². The van der Waals surface area contributed by atoms with Gasteiger partial charge in [-0.05, 0) is 53.4 Å². The van der Waals surface area contributed by atoms with E-state index in [2.05, 4.69) is 41.7 Å². The topological polar surface area (TPSA) is 35.0 Å². The predicted molar refractivity (Wildman–Crippen MR) is 85.1 cm³/mol. The molecule has 0 spiro atoms. The smallest absolute Gasteiger partial charge is 0.162 e. The molecule has 0 radical (unpaired) electrons. The number of aromatic nitrogens is 2. The number of methoxy groups -OCH3 is 1. The number of halogens is 2. The van der Waals surface area contributed by atoms with Crippen LogP contribution in [0.15, 0.2) is 4.47 Å². The highest BCUT2D eigenvalue weighted by molar-refractivity contribution is 9.10. The molecule has 1 aliphatic carbocycles. The third kappa shape index (κ3) is 3.02. The molecule has 1 aliphatic rings. The Labute approximate surface area is 134 Å². The minimum absolute atomic E-state index is 0.370. The van der Waals surface area contributed by atoms with Crippen molar-refractivity contribution < 1.29 is 4.74 Å². The van der Waals surface area contributed by atoms with Crippen molar-refractivity contribution in [1.82, 2.24) is 9.97 Å². The molecule has 1 heterocycles. The van der Waals surface area contributed by atoms with Gasteiger partial charge in [0.25, 0.3) is 0 Å². The molecule has 3 nitrogen and oxygen atoms in total. The van der Waals surface area contributed by atoms with Gasteiger partial charge in [0, 0.05) is 7.11 Å². The van der Waals surface area contributed by atoms with Gasteiger partial charge in [0.05, 0.1) is 10.2 Å². The molecule has 0 N–H and O–H groups in total. The summed E-state index contributed by atoms with van der Waals surface area (Å²) in [5.41, 5.74) is 0.930. The first-order valence-electron chi connectivity index (χ1n) is 7.11. The minimum atomic E-state index is -0.385. The molecule has 20 heavy (non-hydrogen) atoms. The first-order chi connectivity index (χ1) is 9.33. The Morgan fingerprint density at radius 3 is 2.30 bits per heavy atom. The average molecular weight is 362 g/mol. The Hall–Kier alpha value is -0.190. The zero-order chi connectivity index (χ0) is 15.0. The molecule has 0 bridgehead atoms. The summed E-state index contributed by atoms with van der Waals surface area (Å²) < 4.78 is 6.65. The lowest BCUT2D eigenvalue weighted by Crippen LogP contribution is -2.38. The Balaban J connectivity index is 2.40. The molecule has 112 valence electrons. The first-order valence-corrected chi connectivity index (χ1v) is 8.28. The van der Waals surface area contributed by atoms with E-state index in [0.29, 0.717) is 10.6 Å². The molecule has 5 heteroatoms. The zero-order valence-electron chi connectivity index (χ0n) is 12.6. The van der Waals surface area contributed by atoms with Gasteiger partial charge < -0.3 is 4.74 Å². The van der Waals surface area contributed by atoms with Crippen LogP contribution in [0.1, 0.15) is 58.0 Å². The number of ether oxygens (including phenoxy) is 1. The molecule has 1 saturated carbocycles. The number of hydrogen-bond acceptors (Lipinski definition) is 3. The molecular weight excluding hydrogens is 340 g/mol. The fraction of sp³-hybridized carbons (Fsp3) is 0.733. The van der Waals surface area contributed by atoms with Crippen molar-refractivity contribution in [2.45, 2.75) is 58.5 Å². The molecule has 1 aromatic rings. The highest BCUT2D eigenvalue weighted by atomic mass is 79.9. The van der Waals surface area contributed by atoms with Crippen LogP contribution < -0.4 is 0 Å². The number of rotatable bonds is 3. The van der Waals surface area contributed by atoms with E-state index >= 15 is 0 Å². The lowest BCUT2D eigenvalue weighted by atomic mass is 9.70. The van der Waals surface area contributed by atoms with Crippen LogP contribution in [-0.2, 0) is 16.8 Å².